The summed E-state index contributed by atoms with van der Waals surface area (Å²) >= 11 is 4.43. The molecule has 0 radical (unpaired) electrons. The first-order chi connectivity index (χ1) is 24.4. The second-order valence-corrected chi connectivity index (χ2v) is 12.3. The minimum Gasteiger partial charge on any atom is -0.465 e. The maximum Gasteiger partial charge on any atom is 0.407 e. The van der Waals surface area contributed by atoms with Crippen molar-refractivity contribution in [3.63, 3.8) is 0 Å². The molecular formula is C33H37NO16S. The number of carbonyl (C=O) groups is 5. The molecule has 5 rings (SSSR count). The van der Waals surface area contributed by atoms with Gasteiger partial charge in [-0.1, -0.05) is 36.4 Å². The SMILES string of the molecule is COC(=O)[C@@]1(OCC2O[C@@H](S)[C@@H](OC(=O)c3ccccc3)C(OC(=O)c3ccccc3)[C@H]2O)C[C@H]2OC(=O)N[C@H]2C([C@H](OC(C)=O)[C@H](O)CO)O1. The Kier molecular flexibility index (Phi) is 12.2. The van der Waals surface area contributed by atoms with Crippen LogP contribution in [0.4, 0.5) is 4.79 Å². The number of nitrogens with one attached hydrogen (secondary N) is 1. The number of benzene rings is 2. The standard InChI is InChI=1S/C33H37NO16S/c1-16(36)45-24(19(37)14-35)25-22-20(47-32(42)34-22)13-33(50-25,31(41)43-2)44-15-21-23(38)26(48-28(39)17-9-5-3-6-10-17)27(30(51)46-21)49-29(40)18-11-7-4-8-12-18/h3-12,19-27,30,35,37-38,51H,13-15H2,1-2H3,(H,34,42)/t19-,20-,21?,22-,23+,24-,25?,26?,27+,30+,33-/m1/s1. The predicted octanol–water partition coefficient (Wildman–Crippen LogP) is -0.110. The molecule has 11 atom stereocenters. The van der Waals surface area contributed by atoms with Crippen LogP contribution in [-0.4, -0.2) is 132 Å². The number of methoxy groups -OCH3 is 1. The Morgan fingerprint density at radius 3 is 2.14 bits per heavy atom. The first-order valence-electron chi connectivity index (χ1n) is 15.7. The van der Waals surface area contributed by atoms with Crippen LogP contribution in [0.3, 0.4) is 0 Å². The molecule has 276 valence electrons. The molecule has 0 saturated carbocycles. The number of thiol groups is 1. The summed E-state index contributed by atoms with van der Waals surface area (Å²) < 4.78 is 44.7. The lowest BCUT2D eigenvalue weighted by molar-refractivity contribution is -0.319. The summed E-state index contributed by atoms with van der Waals surface area (Å²) in [5, 5.41) is 34.3. The van der Waals surface area contributed by atoms with Gasteiger partial charge in [-0.25, -0.2) is 19.2 Å². The molecule has 0 bridgehead atoms. The van der Waals surface area contributed by atoms with E-state index in [9.17, 15) is 39.3 Å². The Labute approximate surface area is 296 Å². The molecule has 1 amide bonds. The van der Waals surface area contributed by atoms with Crippen molar-refractivity contribution >= 4 is 42.6 Å². The highest BCUT2D eigenvalue weighted by atomic mass is 32.1. The third kappa shape index (κ3) is 8.44. The van der Waals surface area contributed by atoms with Crippen molar-refractivity contribution in [2.75, 3.05) is 20.3 Å². The van der Waals surface area contributed by atoms with Gasteiger partial charge in [0.05, 0.1) is 43.9 Å². The Morgan fingerprint density at radius 2 is 1.59 bits per heavy atom. The van der Waals surface area contributed by atoms with Gasteiger partial charge in [0.2, 0.25) is 0 Å². The highest BCUT2D eigenvalue weighted by Crippen LogP contribution is 2.39. The summed E-state index contributed by atoms with van der Waals surface area (Å²) in [6, 6.07) is 14.6. The van der Waals surface area contributed by atoms with Gasteiger partial charge in [0, 0.05) is 6.92 Å². The first kappa shape index (κ1) is 37.9. The van der Waals surface area contributed by atoms with Crippen LogP contribution >= 0.6 is 12.6 Å². The van der Waals surface area contributed by atoms with E-state index in [1.165, 1.54) is 24.3 Å². The van der Waals surface area contributed by atoms with Crippen LogP contribution in [0.25, 0.3) is 0 Å². The third-order valence-corrected chi connectivity index (χ3v) is 8.82. The molecule has 3 heterocycles. The van der Waals surface area contributed by atoms with Gasteiger partial charge in [-0.2, -0.15) is 0 Å². The molecule has 3 fully saturated rings. The summed E-state index contributed by atoms with van der Waals surface area (Å²) in [6.07, 6.45) is -13.7. The van der Waals surface area contributed by atoms with Crippen LogP contribution in [-0.2, 0) is 47.5 Å². The average Bonchev–Trinajstić information content (AvgIpc) is 3.51. The highest BCUT2D eigenvalue weighted by Gasteiger charge is 2.61. The minimum absolute atomic E-state index is 0.126. The Bertz CT molecular complexity index is 1560. The molecule has 3 saturated heterocycles. The number of aliphatic hydroxyl groups is 3. The van der Waals surface area contributed by atoms with E-state index in [4.69, 9.17) is 37.9 Å². The number of aliphatic hydroxyl groups excluding tert-OH is 3. The van der Waals surface area contributed by atoms with E-state index in [0.717, 1.165) is 14.0 Å². The van der Waals surface area contributed by atoms with E-state index in [0.29, 0.717) is 0 Å². The van der Waals surface area contributed by atoms with Crippen LogP contribution in [0.15, 0.2) is 60.7 Å². The third-order valence-electron chi connectivity index (χ3n) is 8.40. The van der Waals surface area contributed by atoms with E-state index in [2.05, 4.69) is 17.9 Å². The summed E-state index contributed by atoms with van der Waals surface area (Å²) in [7, 11) is 1.02. The lowest BCUT2D eigenvalue weighted by atomic mass is 9.89. The summed E-state index contributed by atoms with van der Waals surface area (Å²) in [4.78, 5) is 63.9. The number of hydrogen-bond acceptors (Lipinski definition) is 17. The van der Waals surface area contributed by atoms with Gasteiger partial charge in [-0.3, -0.25) is 4.79 Å². The molecule has 3 aliphatic rings. The number of hydrogen-bond donors (Lipinski definition) is 5. The van der Waals surface area contributed by atoms with Gasteiger partial charge in [-0.05, 0) is 24.3 Å². The molecule has 17 nitrogen and oxygen atoms in total. The van der Waals surface area contributed by atoms with Crippen molar-refractivity contribution < 1.29 is 77.2 Å². The van der Waals surface area contributed by atoms with E-state index in [1.807, 2.05) is 0 Å². The zero-order chi connectivity index (χ0) is 36.9. The average molecular weight is 736 g/mol. The van der Waals surface area contributed by atoms with E-state index in [1.54, 1.807) is 36.4 Å². The number of carbonyl (C=O) groups excluding carboxylic acids is 5. The number of ether oxygens (including phenoxy) is 8. The van der Waals surface area contributed by atoms with Gasteiger partial charge in [-0.15, -0.1) is 12.6 Å². The highest BCUT2D eigenvalue weighted by molar-refractivity contribution is 7.80. The van der Waals surface area contributed by atoms with Crippen LogP contribution in [0.5, 0.6) is 0 Å². The molecule has 18 heteroatoms. The largest absolute Gasteiger partial charge is 0.465 e. The molecule has 3 aliphatic heterocycles. The van der Waals surface area contributed by atoms with Crippen molar-refractivity contribution in [2.45, 2.75) is 79.4 Å². The summed E-state index contributed by atoms with van der Waals surface area (Å²) in [6.45, 7) is -0.564. The van der Waals surface area contributed by atoms with Crippen molar-refractivity contribution in [1.82, 2.24) is 5.32 Å². The number of amides is 1. The van der Waals surface area contributed by atoms with Gasteiger partial charge in [0.25, 0.3) is 5.79 Å². The molecule has 0 spiro atoms. The molecule has 0 aliphatic carbocycles. The van der Waals surface area contributed by atoms with Crippen molar-refractivity contribution in [3.05, 3.63) is 71.8 Å². The monoisotopic (exact) mass is 735 g/mol. The second kappa shape index (κ2) is 16.4. The van der Waals surface area contributed by atoms with Crippen molar-refractivity contribution in [1.29, 1.82) is 0 Å². The summed E-state index contributed by atoms with van der Waals surface area (Å²) in [5.41, 5.74) is -1.04. The van der Waals surface area contributed by atoms with Crippen molar-refractivity contribution in [3.8, 4) is 0 Å². The zero-order valence-corrected chi connectivity index (χ0v) is 28.2. The molecule has 3 unspecified atom stereocenters. The quantitative estimate of drug-likeness (QED) is 0.109. The van der Waals surface area contributed by atoms with E-state index < -0.39 is 116 Å². The van der Waals surface area contributed by atoms with Gasteiger partial charge in [0.1, 0.15) is 36.0 Å². The van der Waals surface area contributed by atoms with Gasteiger partial charge < -0.3 is 58.5 Å². The van der Waals surface area contributed by atoms with Crippen LogP contribution in [0.1, 0.15) is 34.1 Å². The fraction of sp³-hybridized carbons (Fsp3) is 0.485. The van der Waals surface area contributed by atoms with Crippen LogP contribution in [0, 0.1) is 0 Å². The van der Waals surface area contributed by atoms with Gasteiger partial charge in [0.15, 0.2) is 18.3 Å². The molecule has 51 heavy (non-hydrogen) atoms. The smallest absolute Gasteiger partial charge is 0.407 e. The number of alkyl carbamates (subject to hydrolysis) is 1. The van der Waals surface area contributed by atoms with E-state index >= 15 is 0 Å². The lowest BCUT2D eigenvalue weighted by Crippen LogP contribution is -2.66. The second-order valence-electron chi connectivity index (χ2n) is 11.8. The molecular weight excluding hydrogens is 698 g/mol. The molecule has 4 N–H and O–H groups in total. The number of esters is 4. The molecule has 2 aromatic carbocycles. The Hall–Kier alpha value is -4.30. The van der Waals surface area contributed by atoms with Gasteiger partial charge >= 0.3 is 30.0 Å². The fourth-order valence-corrected chi connectivity index (χ4v) is 6.35. The first-order valence-corrected chi connectivity index (χ1v) is 16.3. The van der Waals surface area contributed by atoms with Crippen LogP contribution in [0.2, 0.25) is 0 Å². The fourth-order valence-electron chi connectivity index (χ4n) is 5.97. The van der Waals surface area contributed by atoms with E-state index in [-0.39, 0.29) is 11.1 Å². The lowest BCUT2D eigenvalue weighted by Gasteiger charge is -2.46. The van der Waals surface area contributed by atoms with Crippen LogP contribution < -0.4 is 5.32 Å². The maximum atomic E-state index is 13.4. The molecule has 0 aromatic heterocycles. The normalized spacial score (nSPS) is 31.1. The topological polar surface area (TPSA) is 232 Å². The Balaban J connectivity index is 1.42. The maximum absolute atomic E-state index is 13.4. The predicted molar refractivity (Wildman–Crippen MR) is 171 cm³/mol. The summed E-state index contributed by atoms with van der Waals surface area (Å²) in [5.74, 6) is -6.16. The number of fused-ring (bicyclic) bond motifs is 1. The minimum atomic E-state index is -2.44. The zero-order valence-electron chi connectivity index (χ0n) is 27.3. The van der Waals surface area contributed by atoms with Crippen molar-refractivity contribution in [2.24, 2.45) is 0 Å². The molecule has 2 aromatic rings. The Morgan fingerprint density at radius 1 is 1.00 bits per heavy atom. The number of rotatable bonds is 12.